The summed E-state index contributed by atoms with van der Waals surface area (Å²) in [5.74, 6) is 2.28. The van der Waals surface area contributed by atoms with E-state index in [4.69, 9.17) is 6.42 Å². The summed E-state index contributed by atoms with van der Waals surface area (Å²) in [5, 5.41) is 10.6. The Morgan fingerprint density at radius 2 is 2.28 bits per heavy atom. The van der Waals surface area contributed by atoms with Crippen LogP contribution in [-0.2, 0) is 11.2 Å². The van der Waals surface area contributed by atoms with Crippen molar-refractivity contribution in [2.24, 2.45) is 0 Å². The quantitative estimate of drug-likeness (QED) is 0.450. The molecule has 5 nitrogen and oxygen atoms in total. The Balaban J connectivity index is 2.78. The fourth-order valence-corrected chi connectivity index (χ4v) is 1.55. The van der Waals surface area contributed by atoms with E-state index in [1.807, 2.05) is 6.92 Å². The van der Waals surface area contributed by atoms with Crippen molar-refractivity contribution in [3.63, 3.8) is 0 Å². The van der Waals surface area contributed by atoms with Gasteiger partial charge in [-0.1, -0.05) is 18.1 Å². The van der Waals surface area contributed by atoms with E-state index in [2.05, 4.69) is 5.92 Å². The highest BCUT2D eigenvalue weighted by Gasteiger charge is 2.13. The Hall–Kier alpha value is -2.35. The van der Waals surface area contributed by atoms with Gasteiger partial charge in [0.15, 0.2) is 0 Å². The van der Waals surface area contributed by atoms with Crippen LogP contribution in [-0.4, -0.2) is 28.8 Å². The van der Waals surface area contributed by atoms with Gasteiger partial charge in [-0.15, -0.1) is 6.42 Å². The third-order valence-corrected chi connectivity index (χ3v) is 2.49. The van der Waals surface area contributed by atoms with Crippen molar-refractivity contribution < 1.29 is 9.72 Å². The highest BCUT2D eigenvalue weighted by atomic mass is 16.6. The second-order valence-electron chi connectivity index (χ2n) is 3.72. The molecule has 0 atom stereocenters. The van der Waals surface area contributed by atoms with E-state index in [0.717, 1.165) is 0 Å². The van der Waals surface area contributed by atoms with Crippen molar-refractivity contribution in [3.8, 4) is 12.3 Å². The monoisotopic (exact) mass is 246 g/mol. The maximum absolute atomic E-state index is 11.9. The molecule has 1 amide bonds. The molecule has 1 rings (SSSR count). The van der Waals surface area contributed by atoms with Gasteiger partial charge in [0, 0.05) is 18.7 Å². The summed E-state index contributed by atoms with van der Waals surface area (Å²) in [7, 11) is 0. The topological polar surface area (TPSA) is 63.5 Å². The SMILES string of the molecule is C#CCN(CC)C(=O)Cc1cccc([N+](=O)[O-])c1. The van der Waals surface area contributed by atoms with Gasteiger partial charge in [0.25, 0.3) is 5.69 Å². The number of carbonyl (C=O) groups is 1. The van der Waals surface area contributed by atoms with Crippen LogP contribution in [0.3, 0.4) is 0 Å². The van der Waals surface area contributed by atoms with Crippen molar-refractivity contribution in [3.05, 3.63) is 39.9 Å². The van der Waals surface area contributed by atoms with Crippen LogP contribution in [0.5, 0.6) is 0 Å². The lowest BCUT2D eigenvalue weighted by molar-refractivity contribution is -0.384. The lowest BCUT2D eigenvalue weighted by atomic mass is 10.1. The fraction of sp³-hybridized carbons (Fsp3) is 0.308. The fourth-order valence-electron chi connectivity index (χ4n) is 1.55. The molecule has 0 saturated heterocycles. The highest BCUT2D eigenvalue weighted by Crippen LogP contribution is 2.14. The molecule has 1 aromatic rings. The van der Waals surface area contributed by atoms with E-state index >= 15 is 0 Å². The van der Waals surface area contributed by atoms with Gasteiger partial charge < -0.3 is 4.90 Å². The number of hydrogen-bond acceptors (Lipinski definition) is 3. The first-order valence-electron chi connectivity index (χ1n) is 5.53. The zero-order valence-corrected chi connectivity index (χ0v) is 10.1. The van der Waals surface area contributed by atoms with Gasteiger partial charge in [-0.05, 0) is 12.5 Å². The number of likely N-dealkylation sites (N-methyl/N-ethyl adjacent to an activating group) is 1. The van der Waals surface area contributed by atoms with Crippen LogP contribution >= 0.6 is 0 Å². The second-order valence-corrected chi connectivity index (χ2v) is 3.72. The number of rotatable bonds is 5. The van der Waals surface area contributed by atoms with E-state index in [1.54, 1.807) is 12.1 Å². The van der Waals surface area contributed by atoms with Crippen LogP contribution in [0.15, 0.2) is 24.3 Å². The molecule has 0 fully saturated rings. The molecule has 0 bridgehead atoms. The van der Waals surface area contributed by atoms with Crippen LogP contribution in [0.2, 0.25) is 0 Å². The first kappa shape index (κ1) is 13.7. The zero-order valence-electron chi connectivity index (χ0n) is 10.1. The number of hydrogen-bond donors (Lipinski definition) is 0. The Kier molecular flexibility index (Phi) is 4.88. The molecule has 5 heteroatoms. The summed E-state index contributed by atoms with van der Waals surface area (Å²) < 4.78 is 0. The van der Waals surface area contributed by atoms with Gasteiger partial charge in [0.1, 0.15) is 0 Å². The van der Waals surface area contributed by atoms with Crippen LogP contribution in [0.25, 0.3) is 0 Å². The lowest BCUT2D eigenvalue weighted by Gasteiger charge is -2.17. The molecule has 0 aromatic heterocycles. The minimum atomic E-state index is -0.479. The first-order valence-corrected chi connectivity index (χ1v) is 5.53. The lowest BCUT2D eigenvalue weighted by Crippen LogP contribution is -2.32. The molecular formula is C13H14N2O3. The number of benzene rings is 1. The van der Waals surface area contributed by atoms with Gasteiger partial charge in [-0.25, -0.2) is 0 Å². The maximum atomic E-state index is 11.9. The molecule has 1 aromatic carbocycles. The molecule has 0 aliphatic rings. The maximum Gasteiger partial charge on any atom is 0.269 e. The molecule has 18 heavy (non-hydrogen) atoms. The van der Waals surface area contributed by atoms with Gasteiger partial charge in [0.2, 0.25) is 5.91 Å². The molecule has 0 saturated carbocycles. The molecule has 0 unspecified atom stereocenters. The molecule has 0 spiro atoms. The summed E-state index contributed by atoms with van der Waals surface area (Å²) in [4.78, 5) is 23.5. The predicted octanol–water partition coefficient (Wildman–Crippen LogP) is 1.62. The van der Waals surface area contributed by atoms with E-state index in [-0.39, 0.29) is 24.6 Å². The van der Waals surface area contributed by atoms with Crippen LogP contribution in [0.4, 0.5) is 5.69 Å². The molecule has 94 valence electrons. The van der Waals surface area contributed by atoms with Gasteiger partial charge in [-0.3, -0.25) is 14.9 Å². The normalized spacial score (nSPS) is 9.56. The number of terminal acetylenes is 1. The van der Waals surface area contributed by atoms with Crippen LogP contribution in [0, 0.1) is 22.5 Å². The first-order chi connectivity index (χ1) is 8.58. The number of carbonyl (C=O) groups excluding carboxylic acids is 1. The summed E-state index contributed by atoms with van der Waals surface area (Å²) in [6.45, 7) is 2.62. The molecule has 0 radical (unpaired) electrons. The van der Waals surface area contributed by atoms with Crippen molar-refractivity contribution in [2.45, 2.75) is 13.3 Å². The number of nitro benzene ring substituents is 1. The number of amides is 1. The third-order valence-electron chi connectivity index (χ3n) is 2.49. The molecule has 0 aliphatic heterocycles. The van der Waals surface area contributed by atoms with Gasteiger partial charge in [-0.2, -0.15) is 0 Å². The second kappa shape index (κ2) is 6.40. The summed E-state index contributed by atoms with van der Waals surface area (Å²) >= 11 is 0. The average Bonchev–Trinajstić information content (AvgIpc) is 2.36. The van der Waals surface area contributed by atoms with Crippen molar-refractivity contribution in [1.82, 2.24) is 4.90 Å². The van der Waals surface area contributed by atoms with E-state index in [1.165, 1.54) is 17.0 Å². The Morgan fingerprint density at radius 3 is 2.83 bits per heavy atom. The van der Waals surface area contributed by atoms with E-state index < -0.39 is 4.92 Å². The standard InChI is InChI=1S/C13H14N2O3/c1-3-8-14(4-2)13(16)10-11-6-5-7-12(9-11)15(17)18/h1,5-7,9H,4,8,10H2,2H3. The van der Waals surface area contributed by atoms with E-state index in [9.17, 15) is 14.9 Å². The number of nitro groups is 1. The Morgan fingerprint density at radius 1 is 1.56 bits per heavy atom. The van der Waals surface area contributed by atoms with Crippen LogP contribution < -0.4 is 0 Å². The summed E-state index contributed by atoms with van der Waals surface area (Å²) in [6.07, 6.45) is 5.29. The zero-order chi connectivity index (χ0) is 13.5. The Bertz CT molecular complexity index is 491. The number of nitrogens with zero attached hydrogens (tertiary/aromatic N) is 2. The largest absolute Gasteiger partial charge is 0.332 e. The minimum absolute atomic E-state index is 0.0136. The molecule has 0 heterocycles. The Labute approximate surface area is 106 Å². The summed E-state index contributed by atoms with van der Waals surface area (Å²) in [5.41, 5.74) is 0.602. The van der Waals surface area contributed by atoms with Crippen molar-refractivity contribution in [1.29, 1.82) is 0 Å². The smallest absolute Gasteiger partial charge is 0.269 e. The van der Waals surface area contributed by atoms with Crippen molar-refractivity contribution in [2.75, 3.05) is 13.1 Å². The van der Waals surface area contributed by atoms with E-state index in [0.29, 0.717) is 12.1 Å². The number of non-ortho nitro benzene ring substituents is 1. The van der Waals surface area contributed by atoms with Crippen molar-refractivity contribution >= 4 is 11.6 Å². The average molecular weight is 246 g/mol. The van der Waals surface area contributed by atoms with Crippen LogP contribution in [0.1, 0.15) is 12.5 Å². The molecule has 0 aliphatic carbocycles. The molecular weight excluding hydrogens is 232 g/mol. The van der Waals surface area contributed by atoms with Gasteiger partial charge in [0.05, 0.1) is 17.9 Å². The van der Waals surface area contributed by atoms with Gasteiger partial charge >= 0.3 is 0 Å². The highest BCUT2D eigenvalue weighted by molar-refractivity contribution is 5.79. The minimum Gasteiger partial charge on any atom is -0.332 e. The summed E-state index contributed by atoms with van der Waals surface area (Å²) in [6, 6.07) is 6.06. The molecule has 0 N–H and O–H groups in total. The predicted molar refractivity (Wildman–Crippen MR) is 67.9 cm³/mol. The third kappa shape index (κ3) is 3.59.